The number of pyridine rings is 1. The number of rotatable bonds is 3. The fourth-order valence-corrected chi connectivity index (χ4v) is 1.18. The Morgan fingerprint density at radius 3 is 2.53 bits per heavy atom. The third-order valence-corrected chi connectivity index (χ3v) is 1.97. The number of nitrogens with one attached hydrogen (secondary N) is 1. The fraction of sp³-hybridized carbons (Fsp3) is 0. The molecule has 1 aromatic heterocycles. The van der Waals surface area contributed by atoms with E-state index in [1.54, 1.807) is 36.5 Å². The van der Waals surface area contributed by atoms with Crippen molar-refractivity contribution in [1.29, 1.82) is 0 Å². The van der Waals surface area contributed by atoms with Gasteiger partial charge in [-0.15, -0.1) is 5.11 Å². The lowest BCUT2D eigenvalue weighted by Gasteiger charge is -1.96. The van der Waals surface area contributed by atoms with Crippen LogP contribution in [0.3, 0.4) is 0 Å². The summed E-state index contributed by atoms with van der Waals surface area (Å²) in [7, 11) is 0. The number of nitrogens with zero attached hydrogens (tertiary/aromatic N) is 3. The van der Waals surface area contributed by atoms with Gasteiger partial charge in [0, 0.05) is 6.20 Å². The van der Waals surface area contributed by atoms with E-state index in [1.165, 1.54) is 0 Å². The standard InChI is InChI=1S/C12H10N4O/c17-12(11-8-4-5-9-13-11)15-16-14-10-6-2-1-3-7-10/h1-9H,(H,14,15,17). The van der Waals surface area contributed by atoms with Gasteiger partial charge < -0.3 is 0 Å². The summed E-state index contributed by atoms with van der Waals surface area (Å²) in [4.78, 5) is 15.4. The number of carbonyl (C=O) groups is 1. The summed E-state index contributed by atoms with van der Waals surface area (Å²) in [6.07, 6.45) is 1.54. The molecule has 0 saturated carbocycles. The summed E-state index contributed by atoms with van der Waals surface area (Å²) in [5.41, 5.74) is 3.28. The van der Waals surface area contributed by atoms with Gasteiger partial charge in [-0.2, -0.15) is 0 Å². The number of hydrogen-bond donors (Lipinski definition) is 1. The molecule has 1 N–H and O–H groups in total. The molecule has 0 aliphatic heterocycles. The maximum atomic E-state index is 11.5. The lowest BCUT2D eigenvalue weighted by Crippen LogP contribution is -2.17. The van der Waals surface area contributed by atoms with Gasteiger partial charge >= 0.3 is 0 Å². The van der Waals surface area contributed by atoms with Crippen LogP contribution in [0.5, 0.6) is 0 Å². The third kappa shape index (κ3) is 3.20. The van der Waals surface area contributed by atoms with E-state index in [9.17, 15) is 4.79 Å². The topological polar surface area (TPSA) is 66.7 Å². The zero-order chi connectivity index (χ0) is 11.9. The van der Waals surface area contributed by atoms with E-state index >= 15 is 0 Å². The Morgan fingerprint density at radius 2 is 1.82 bits per heavy atom. The average molecular weight is 226 g/mol. The minimum atomic E-state index is -0.384. The van der Waals surface area contributed by atoms with Crippen molar-refractivity contribution in [3.63, 3.8) is 0 Å². The summed E-state index contributed by atoms with van der Waals surface area (Å²) in [6, 6.07) is 14.2. The molecule has 2 rings (SSSR count). The molecule has 0 aliphatic rings. The molecule has 0 aliphatic carbocycles. The van der Waals surface area contributed by atoms with Gasteiger partial charge in [0.15, 0.2) is 0 Å². The Hall–Kier alpha value is -2.56. The van der Waals surface area contributed by atoms with Crippen LogP contribution in [-0.4, -0.2) is 10.9 Å². The summed E-state index contributed by atoms with van der Waals surface area (Å²) < 4.78 is 0. The fourth-order valence-electron chi connectivity index (χ4n) is 1.18. The Kier molecular flexibility index (Phi) is 3.54. The summed E-state index contributed by atoms with van der Waals surface area (Å²) in [5.74, 6) is -0.384. The average Bonchev–Trinajstić information content (AvgIpc) is 2.41. The molecule has 0 fully saturated rings. The smallest absolute Gasteiger partial charge is 0.265 e. The molecule has 0 radical (unpaired) electrons. The molecule has 1 amide bonds. The van der Waals surface area contributed by atoms with Crippen LogP contribution in [0.2, 0.25) is 0 Å². The number of carbonyl (C=O) groups excluding carboxylic acids is 1. The zero-order valence-corrected chi connectivity index (χ0v) is 8.95. The lowest BCUT2D eigenvalue weighted by atomic mass is 10.3. The molecule has 5 heteroatoms. The molecular weight excluding hydrogens is 216 g/mol. The van der Waals surface area contributed by atoms with E-state index in [2.05, 4.69) is 20.7 Å². The van der Waals surface area contributed by atoms with Crippen molar-refractivity contribution in [2.24, 2.45) is 10.3 Å². The van der Waals surface area contributed by atoms with E-state index in [-0.39, 0.29) is 5.91 Å². The van der Waals surface area contributed by atoms with Crippen LogP contribution in [0.15, 0.2) is 65.1 Å². The van der Waals surface area contributed by atoms with E-state index in [0.29, 0.717) is 11.4 Å². The van der Waals surface area contributed by atoms with Gasteiger partial charge in [-0.3, -0.25) is 9.78 Å². The quantitative estimate of drug-likeness (QED) is 0.645. The van der Waals surface area contributed by atoms with Gasteiger partial charge in [-0.1, -0.05) is 29.5 Å². The lowest BCUT2D eigenvalue weighted by molar-refractivity contribution is 0.0947. The SMILES string of the molecule is O=C(NN=Nc1ccccc1)c1ccccn1. The number of aromatic nitrogens is 1. The molecule has 0 saturated heterocycles. The molecule has 1 aromatic carbocycles. The Labute approximate surface area is 98.2 Å². The van der Waals surface area contributed by atoms with Crippen molar-refractivity contribution in [1.82, 2.24) is 10.4 Å². The summed E-state index contributed by atoms with van der Waals surface area (Å²) >= 11 is 0. The van der Waals surface area contributed by atoms with Gasteiger partial charge in [0.2, 0.25) is 0 Å². The highest BCUT2D eigenvalue weighted by Gasteiger charge is 2.03. The summed E-state index contributed by atoms with van der Waals surface area (Å²) in [5, 5.41) is 7.44. The molecule has 0 spiro atoms. The molecule has 1 heterocycles. The Bertz CT molecular complexity index is 511. The van der Waals surface area contributed by atoms with Crippen molar-refractivity contribution in [2.45, 2.75) is 0 Å². The van der Waals surface area contributed by atoms with Crippen LogP contribution in [0.1, 0.15) is 10.5 Å². The molecule has 0 unspecified atom stereocenters. The van der Waals surface area contributed by atoms with E-state index in [0.717, 1.165) is 0 Å². The Balaban J connectivity index is 1.95. The number of hydrogen-bond acceptors (Lipinski definition) is 4. The van der Waals surface area contributed by atoms with Crippen molar-refractivity contribution in [2.75, 3.05) is 0 Å². The van der Waals surface area contributed by atoms with Gasteiger partial charge in [-0.05, 0) is 24.3 Å². The number of amides is 1. The first-order valence-corrected chi connectivity index (χ1v) is 5.03. The minimum absolute atomic E-state index is 0.305. The zero-order valence-electron chi connectivity index (χ0n) is 8.95. The monoisotopic (exact) mass is 226 g/mol. The van der Waals surface area contributed by atoms with E-state index in [1.807, 2.05) is 18.2 Å². The molecule has 0 atom stereocenters. The first-order valence-electron chi connectivity index (χ1n) is 5.03. The van der Waals surface area contributed by atoms with Gasteiger partial charge in [-0.25, -0.2) is 5.43 Å². The van der Waals surface area contributed by atoms with Crippen molar-refractivity contribution in [3.05, 3.63) is 60.4 Å². The predicted octanol–water partition coefficient (Wildman–Crippen LogP) is 2.51. The highest BCUT2D eigenvalue weighted by atomic mass is 16.2. The molecule has 84 valence electrons. The second-order valence-corrected chi connectivity index (χ2v) is 3.19. The van der Waals surface area contributed by atoms with Crippen molar-refractivity contribution < 1.29 is 4.79 Å². The summed E-state index contributed by atoms with van der Waals surface area (Å²) in [6.45, 7) is 0. The largest absolute Gasteiger partial charge is 0.291 e. The maximum Gasteiger partial charge on any atom is 0.291 e. The Morgan fingerprint density at radius 1 is 1.06 bits per heavy atom. The highest BCUT2D eigenvalue weighted by molar-refractivity contribution is 5.91. The van der Waals surface area contributed by atoms with Crippen LogP contribution < -0.4 is 5.43 Å². The molecule has 0 bridgehead atoms. The molecule has 17 heavy (non-hydrogen) atoms. The molecular formula is C12H10N4O. The second-order valence-electron chi connectivity index (χ2n) is 3.19. The predicted molar refractivity (Wildman–Crippen MR) is 62.7 cm³/mol. The first kappa shape index (κ1) is 10.9. The number of benzene rings is 1. The van der Waals surface area contributed by atoms with Gasteiger partial charge in [0.05, 0.1) is 5.69 Å². The van der Waals surface area contributed by atoms with Crippen molar-refractivity contribution in [3.8, 4) is 0 Å². The van der Waals surface area contributed by atoms with Crippen LogP contribution in [-0.2, 0) is 0 Å². The second kappa shape index (κ2) is 5.50. The minimum Gasteiger partial charge on any atom is -0.265 e. The van der Waals surface area contributed by atoms with E-state index in [4.69, 9.17) is 0 Å². The highest BCUT2D eigenvalue weighted by Crippen LogP contribution is 2.09. The molecule has 2 aromatic rings. The van der Waals surface area contributed by atoms with Crippen LogP contribution in [0.4, 0.5) is 5.69 Å². The van der Waals surface area contributed by atoms with Crippen LogP contribution in [0, 0.1) is 0 Å². The third-order valence-electron chi connectivity index (χ3n) is 1.97. The van der Waals surface area contributed by atoms with Gasteiger partial charge in [0.1, 0.15) is 5.69 Å². The van der Waals surface area contributed by atoms with Gasteiger partial charge in [0.25, 0.3) is 5.91 Å². The van der Waals surface area contributed by atoms with Crippen LogP contribution in [0.25, 0.3) is 0 Å². The molecule has 5 nitrogen and oxygen atoms in total. The van der Waals surface area contributed by atoms with Crippen LogP contribution >= 0.6 is 0 Å². The first-order chi connectivity index (χ1) is 8.36. The van der Waals surface area contributed by atoms with E-state index < -0.39 is 0 Å². The van der Waals surface area contributed by atoms with Crippen molar-refractivity contribution >= 4 is 11.6 Å². The maximum absolute atomic E-state index is 11.5. The normalized spacial score (nSPS) is 10.4.